The third kappa shape index (κ3) is 46.1. The highest BCUT2D eigenvalue weighted by atomic mass is 16.5. The lowest BCUT2D eigenvalue weighted by molar-refractivity contribution is -0.151. The van der Waals surface area contributed by atoms with Gasteiger partial charge in [-0.05, 0) is 305 Å². The fourth-order valence-corrected chi connectivity index (χ4v) is 16.8. The van der Waals surface area contributed by atoms with Gasteiger partial charge in [-0.3, -0.25) is 9.59 Å². The zero-order chi connectivity index (χ0) is 69.9. The average Bonchev–Trinajstić information content (AvgIpc) is 1.64. The van der Waals surface area contributed by atoms with Crippen LogP contribution in [0, 0.1) is 71.0 Å². The van der Waals surface area contributed by atoms with Crippen LogP contribution in [0.25, 0.3) is 0 Å². The van der Waals surface area contributed by atoms with Gasteiger partial charge in [0, 0.05) is 12.8 Å². The van der Waals surface area contributed by atoms with Gasteiger partial charge in [0.1, 0.15) is 12.2 Å². The maximum absolute atomic E-state index is 12.7. The van der Waals surface area contributed by atoms with E-state index in [1.165, 1.54) is 193 Å². The number of allylic oxidation sites excluding steroid dienone is 12. The van der Waals surface area contributed by atoms with Crippen LogP contribution in [0.3, 0.4) is 0 Å². The minimum Gasteiger partial charge on any atom is -0.462 e. The first kappa shape index (κ1) is 85.9. The second-order valence-corrected chi connectivity index (χ2v) is 33.7. The summed E-state index contributed by atoms with van der Waals surface area (Å²) in [5.41, 5.74) is 0. The summed E-state index contributed by atoms with van der Waals surface area (Å²) in [6, 6.07) is 0. The molecule has 0 aromatic heterocycles. The molecule has 6 aliphatic rings. The van der Waals surface area contributed by atoms with Crippen LogP contribution in [-0.2, 0) is 19.1 Å². The summed E-state index contributed by atoms with van der Waals surface area (Å²) >= 11 is 0. The number of nitrogens with zero attached hydrogens (tertiary/aromatic N) is 2. The predicted octanol–water partition coefficient (Wildman–Crippen LogP) is 26.9. The Morgan fingerprint density at radius 2 is 0.561 bits per heavy atom. The van der Waals surface area contributed by atoms with E-state index < -0.39 is 0 Å². The van der Waals surface area contributed by atoms with E-state index >= 15 is 0 Å². The van der Waals surface area contributed by atoms with Crippen LogP contribution in [0.2, 0.25) is 0 Å². The Morgan fingerprint density at radius 1 is 0.306 bits per heavy atom. The summed E-state index contributed by atoms with van der Waals surface area (Å²) in [5.74, 6) is 13.4. The third-order valence-electron chi connectivity index (χ3n) is 24.0. The highest BCUT2D eigenvalue weighted by Gasteiger charge is 2.49. The Kier molecular flexibility index (Phi) is 48.9. The zero-order valence-electron chi connectivity index (χ0n) is 66.1. The molecular weight excluding hydrogens is 1200 g/mol. The van der Waals surface area contributed by atoms with Crippen LogP contribution < -0.4 is 0 Å². The lowest BCUT2D eigenvalue weighted by Gasteiger charge is -2.18. The molecule has 0 aliphatic heterocycles. The van der Waals surface area contributed by atoms with Crippen molar-refractivity contribution < 1.29 is 19.1 Å². The zero-order valence-corrected chi connectivity index (χ0v) is 66.1. The van der Waals surface area contributed by atoms with E-state index in [4.69, 9.17) is 9.47 Å². The molecule has 0 saturated heterocycles. The average molecular weight is 1360 g/mol. The molecule has 0 N–H and O–H groups in total. The molecule has 98 heavy (non-hydrogen) atoms. The Balaban J connectivity index is 0.000000358. The summed E-state index contributed by atoms with van der Waals surface area (Å²) in [6.45, 7) is 11.0. The summed E-state index contributed by atoms with van der Waals surface area (Å²) < 4.78 is 12.1. The Bertz CT molecular complexity index is 2020. The number of ether oxygens (including phenoxy) is 2. The van der Waals surface area contributed by atoms with Gasteiger partial charge in [0.25, 0.3) is 0 Å². The summed E-state index contributed by atoms with van der Waals surface area (Å²) in [4.78, 5) is 29.5. The van der Waals surface area contributed by atoms with Gasteiger partial charge in [0.2, 0.25) is 0 Å². The highest BCUT2D eigenvalue weighted by Crippen LogP contribution is 2.59. The normalized spacial score (nSPS) is 25.0. The van der Waals surface area contributed by atoms with Crippen LogP contribution >= 0.6 is 0 Å². The van der Waals surface area contributed by atoms with E-state index in [9.17, 15) is 9.59 Å². The Labute approximate surface area is 609 Å². The van der Waals surface area contributed by atoms with Crippen molar-refractivity contribution in [3.05, 3.63) is 72.9 Å². The van der Waals surface area contributed by atoms with Crippen molar-refractivity contribution in [2.45, 2.75) is 387 Å². The van der Waals surface area contributed by atoms with E-state index in [-0.39, 0.29) is 24.1 Å². The molecule has 6 aliphatic carbocycles. The first-order chi connectivity index (χ1) is 48.0. The van der Waals surface area contributed by atoms with Crippen LogP contribution in [0.4, 0.5) is 0 Å². The minimum atomic E-state index is 0.000557. The molecule has 564 valence electrons. The van der Waals surface area contributed by atoms with Crippen molar-refractivity contribution in [3.63, 3.8) is 0 Å². The van der Waals surface area contributed by atoms with Gasteiger partial charge in [-0.15, -0.1) is 0 Å². The largest absolute Gasteiger partial charge is 0.462 e. The number of carbonyl (C=O) groups excluding carboxylic acids is 2. The lowest BCUT2D eigenvalue weighted by atomic mass is 10.0. The fraction of sp³-hybridized carbons (Fsp3) is 0.848. The molecule has 0 aromatic carbocycles. The molecule has 0 spiro atoms. The lowest BCUT2D eigenvalue weighted by Crippen LogP contribution is -2.20. The van der Waals surface area contributed by atoms with E-state index in [0.29, 0.717) is 12.8 Å². The number of unbranched alkanes of at least 4 members (excludes halogenated alkanes) is 22. The number of rotatable bonds is 66. The number of esters is 2. The Morgan fingerprint density at radius 3 is 0.867 bits per heavy atom. The van der Waals surface area contributed by atoms with Crippen LogP contribution in [0.15, 0.2) is 72.9 Å². The van der Waals surface area contributed by atoms with Crippen molar-refractivity contribution in [1.82, 2.24) is 9.80 Å². The van der Waals surface area contributed by atoms with Gasteiger partial charge in [-0.1, -0.05) is 242 Å². The van der Waals surface area contributed by atoms with E-state index in [1.54, 1.807) is 64.2 Å². The van der Waals surface area contributed by atoms with E-state index in [1.807, 2.05) is 0 Å². The van der Waals surface area contributed by atoms with Gasteiger partial charge in [0.05, 0.1) is 0 Å². The summed E-state index contributed by atoms with van der Waals surface area (Å²) in [6.07, 6.45) is 96.7. The molecule has 0 amide bonds. The molecule has 0 radical (unpaired) electrons. The van der Waals surface area contributed by atoms with E-state index in [2.05, 4.69) is 139 Å². The Hall–Kier alpha value is -2.70. The molecule has 0 aromatic rings. The van der Waals surface area contributed by atoms with Gasteiger partial charge < -0.3 is 19.3 Å². The fourth-order valence-electron chi connectivity index (χ4n) is 16.8. The number of hydrogen-bond donors (Lipinski definition) is 0. The molecule has 6 nitrogen and oxygen atoms in total. The van der Waals surface area contributed by atoms with Crippen molar-refractivity contribution in [3.8, 4) is 0 Å². The van der Waals surface area contributed by atoms with Gasteiger partial charge in [-0.2, -0.15) is 0 Å². The maximum atomic E-state index is 12.7. The van der Waals surface area contributed by atoms with Crippen LogP contribution in [0.5, 0.6) is 0 Å². The predicted molar refractivity (Wildman–Crippen MR) is 426 cm³/mol. The van der Waals surface area contributed by atoms with Gasteiger partial charge in [0.15, 0.2) is 0 Å². The second kappa shape index (κ2) is 55.8. The molecule has 6 heteroatoms. The maximum Gasteiger partial charge on any atom is 0.306 e. The molecule has 6 rings (SSSR count). The van der Waals surface area contributed by atoms with Crippen molar-refractivity contribution in [1.29, 1.82) is 0 Å². The van der Waals surface area contributed by atoms with Crippen LogP contribution in [0.1, 0.15) is 374 Å². The molecular formula is C92H162N2O4. The smallest absolute Gasteiger partial charge is 0.306 e. The molecule has 0 bridgehead atoms. The molecule has 12 atom stereocenters. The van der Waals surface area contributed by atoms with E-state index in [0.717, 1.165) is 161 Å². The first-order valence-corrected chi connectivity index (χ1v) is 43.6. The van der Waals surface area contributed by atoms with Crippen molar-refractivity contribution in [2.75, 3.05) is 41.3 Å². The minimum absolute atomic E-state index is 0.000557. The highest BCUT2D eigenvalue weighted by molar-refractivity contribution is 5.69. The number of carbonyl (C=O) groups is 2. The van der Waals surface area contributed by atoms with Crippen molar-refractivity contribution in [2.24, 2.45) is 71.0 Å². The summed E-state index contributed by atoms with van der Waals surface area (Å²) in [7, 11) is 8.28. The van der Waals surface area contributed by atoms with Gasteiger partial charge in [-0.25, -0.2) is 0 Å². The van der Waals surface area contributed by atoms with Crippen LogP contribution in [-0.4, -0.2) is 75.2 Å². The topological polar surface area (TPSA) is 59.1 Å². The summed E-state index contributed by atoms with van der Waals surface area (Å²) in [5, 5.41) is 0. The molecule has 0 heterocycles. The monoisotopic (exact) mass is 1360 g/mol. The van der Waals surface area contributed by atoms with Gasteiger partial charge >= 0.3 is 11.9 Å². The molecule has 12 unspecified atom stereocenters. The standard InChI is InChI=1S/C49H87NO2.C43H75NO2/c1-5-36-26-40(36)30-44-34-46(44)32-42-28-38(42)20-15-11-7-9-13-17-22-48(52-49(51)24-19-25-50(3)4)23-18-14-10-8-12-16-21-39-29-43(39)33-47-35-45(47)31-41-27-37(41)6-2;1-5-7-9-11-13-15-17-19-21-23-25-27-29-31-33-35-38-42(46-43(45)40-37-41-44(3)4)39-36-34-32-30-28-26-24-22-20-18-16-14-12-10-8-6-2/h36-48H,5-35H2,1-4H3;7-10,13-16,19-22,42H,5-6,11-12,17-18,23-41H2,1-4H3/b;9-7-,10-8-,15-13-,16-14-,21-19-,22-20-. The SMILES string of the molecule is CC/C=C\C/C=C\C/C=C\CCCCCCCCC(CCCCCCCC/C=C\C/C=C\C/C=C\CC)OC(=O)CCCN(C)C.CCC1CC1CC1CC1CC1CC1CCCCCCCCC(CCCCCCCCC1CC1CC1CC1CC1CC1CC)OC(=O)CCCN(C)C. The number of hydrogen-bond acceptors (Lipinski definition) is 6. The third-order valence-corrected chi connectivity index (χ3v) is 24.0. The molecule has 6 fully saturated rings. The van der Waals surface area contributed by atoms with Crippen molar-refractivity contribution >= 4 is 11.9 Å². The molecule has 6 saturated carbocycles. The second-order valence-electron chi connectivity index (χ2n) is 33.7. The quantitative estimate of drug-likeness (QED) is 0.0344. The first-order valence-electron chi connectivity index (χ1n) is 43.6.